The molecule has 2 unspecified atom stereocenters. The molecule has 0 aliphatic heterocycles. The van der Waals surface area contributed by atoms with Gasteiger partial charge in [0.15, 0.2) is 0 Å². The fourth-order valence-corrected chi connectivity index (χ4v) is 4.01. The number of amides is 2. The Kier molecular flexibility index (Phi) is 9.92. The number of carbonyl (C=O) groups excluding carboxylic acids is 2. The number of benzene rings is 3. The van der Waals surface area contributed by atoms with Crippen LogP contribution in [0.15, 0.2) is 78.9 Å². The van der Waals surface area contributed by atoms with Crippen LogP contribution in [0.5, 0.6) is 0 Å². The molecule has 6 nitrogen and oxygen atoms in total. The largest absolute Gasteiger partial charge is 0.444 e. The molecule has 0 heterocycles. The number of hydrogen-bond donors (Lipinski definition) is 3. The SMILES string of the molecule is CC(C)(C)OC(=O)N[C@@H](Cc1ccccc1)C(=O)NC(Cc1ccc(C(F)(F)F)cc1)C(O)c1ccc(F)cc1. The van der Waals surface area contributed by atoms with Gasteiger partial charge in [0.05, 0.1) is 17.7 Å². The number of nitrogens with one attached hydrogen (secondary N) is 2. The molecular weight excluding hydrogens is 528 g/mol. The molecule has 0 aliphatic rings. The van der Waals surface area contributed by atoms with Gasteiger partial charge in [-0.15, -0.1) is 0 Å². The number of ether oxygens (including phenoxy) is 1. The standard InChI is InChI=1S/C30H32F4N2O4/c1-29(2,3)40-28(39)36-25(18-19-7-5-4-6-8-19)27(38)35-24(26(37)21-11-15-23(31)16-12-21)17-20-9-13-22(14-10-20)30(32,33)34/h4-16,24-26,37H,17-18H2,1-3H3,(H,35,38)(H,36,39)/t24?,25-,26?/m0/s1. The molecule has 0 spiro atoms. The Morgan fingerprint density at radius 2 is 1.40 bits per heavy atom. The number of hydrogen-bond acceptors (Lipinski definition) is 4. The Labute approximate surface area is 230 Å². The summed E-state index contributed by atoms with van der Waals surface area (Å²) in [5.41, 5.74) is -0.197. The summed E-state index contributed by atoms with van der Waals surface area (Å²) in [7, 11) is 0. The van der Waals surface area contributed by atoms with Crippen LogP contribution >= 0.6 is 0 Å². The van der Waals surface area contributed by atoms with Gasteiger partial charge >= 0.3 is 12.3 Å². The molecule has 3 aromatic rings. The van der Waals surface area contributed by atoms with E-state index in [1.165, 1.54) is 24.3 Å². The van der Waals surface area contributed by atoms with Crippen molar-refractivity contribution in [3.05, 3.63) is 107 Å². The van der Waals surface area contributed by atoms with Gasteiger partial charge in [0.2, 0.25) is 5.91 Å². The zero-order valence-electron chi connectivity index (χ0n) is 22.3. The molecule has 3 aromatic carbocycles. The molecule has 0 saturated heterocycles. The first kappa shape index (κ1) is 30.6. The number of aliphatic hydroxyl groups is 1. The number of carbonyl (C=O) groups is 2. The fourth-order valence-electron chi connectivity index (χ4n) is 4.01. The number of aliphatic hydroxyl groups excluding tert-OH is 1. The monoisotopic (exact) mass is 560 g/mol. The van der Waals surface area contributed by atoms with Crippen molar-refractivity contribution in [2.45, 2.75) is 63.6 Å². The van der Waals surface area contributed by atoms with Crippen LogP contribution < -0.4 is 10.6 Å². The molecule has 0 aliphatic carbocycles. The van der Waals surface area contributed by atoms with Crippen LogP contribution in [0.2, 0.25) is 0 Å². The Morgan fingerprint density at radius 1 is 0.825 bits per heavy atom. The zero-order chi connectivity index (χ0) is 29.5. The van der Waals surface area contributed by atoms with E-state index in [9.17, 15) is 32.3 Å². The maximum absolute atomic E-state index is 13.5. The maximum atomic E-state index is 13.5. The summed E-state index contributed by atoms with van der Waals surface area (Å²) < 4.78 is 57.9. The van der Waals surface area contributed by atoms with Gasteiger partial charge in [-0.2, -0.15) is 13.2 Å². The van der Waals surface area contributed by atoms with Crippen molar-refractivity contribution in [1.29, 1.82) is 0 Å². The van der Waals surface area contributed by atoms with E-state index in [1.54, 1.807) is 51.1 Å². The van der Waals surface area contributed by atoms with Gasteiger partial charge in [0.1, 0.15) is 17.5 Å². The number of halogens is 4. The first-order valence-corrected chi connectivity index (χ1v) is 12.6. The molecule has 0 aromatic heterocycles. The van der Waals surface area contributed by atoms with Crippen LogP contribution in [-0.2, 0) is 28.5 Å². The molecule has 0 bridgehead atoms. The van der Waals surface area contributed by atoms with E-state index in [-0.39, 0.29) is 12.8 Å². The van der Waals surface area contributed by atoms with Crippen molar-refractivity contribution in [2.75, 3.05) is 0 Å². The van der Waals surface area contributed by atoms with Crippen molar-refractivity contribution >= 4 is 12.0 Å². The molecule has 214 valence electrons. The number of rotatable bonds is 9. The molecule has 2 amide bonds. The summed E-state index contributed by atoms with van der Waals surface area (Å²) in [6.07, 6.45) is -6.62. The highest BCUT2D eigenvalue weighted by Crippen LogP contribution is 2.30. The zero-order valence-corrected chi connectivity index (χ0v) is 22.3. The smallest absolute Gasteiger partial charge is 0.416 e. The predicted molar refractivity (Wildman–Crippen MR) is 142 cm³/mol. The summed E-state index contributed by atoms with van der Waals surface area (Å²) in [6.45, 7) is 5.04. The molecule has 0 radical (unpaired) electrons. The van der Waals surface area contributed by atoms with E-state index in [2.05, 4.69) is 10.6 Å². The van der Waals surface area contributed by atoms with E-state index in [0.717, 1.165) is 29.8 Å². The van der Waals surface area contributed by atoms with Gasteiger partial charge < -0.3 is 20.5 Å². The molecule has 40 heavy (non-hydrogen) atoms. The summed E-state index contributed by atoms with van der Waals surface area (Å²) in [6, 6.07) is 16.2. The van der Waals surface area contributed by atoms with Crippen LogP contribution in [0.25, 0.3) is 0 Å². The lowest BCUT2D eigenvalue weighted by Crippen LogP contribution is -2.53. The molecule has 3 N–H and O–H groups in total. The lowest BCUT2D eigenvalue weighted by molar-refractivity contribution is -0.137. The number of alkyl carbamates (subject to hydrolysis) is 1. The van der Waals surface area contributed by atoms with Crippen LogP contribution in [0.3, 0.4) is 0 Å². The second-order valence-electron chi connectivity index (χ2n) is 10.4. The average molecular weight is 561 g/mol. The first-order valence-electron chi connectivity index (χ1n) is 12.6. The molecule has 0 fully saturated rings. The minimum Gasteiger partial charge on any atom is -0.444 e. The Balaban J connectivity index is 1.88. The topological polar surface area (TPSA) is 87.7 Å². The average Bonchev–Trinajstić information content (AvgIpc) is 2.87. The van der Waals surface area contributed by atoms with Crippen molar-refractivity contribution in [3.63, 3.8) is 0 Å². The van der Waals surface area contributed by atoms with Crippen molar-refractivity contribution in [3.8, 4) is 0 Å². The molecule has 0 saturated carbocycles. The summed E-state index contributed by atoms with van der Waals surface area (Å²) >= 11 is 0. The highest BCUT2D eigenvalue weighted by atomic mass is 19.4. The molecule has 3 atom stereocenters. The van der Waals surface area contributed by atoms with E-state index in [1.807, 2.05) is 0 Å². The van der Waals surface area contributed by atoms with E-state index < -0.39 is 53.3 Å². The Hall–Kier alpha value is -3.92. The highest BCUT2D eigenvalue weighted by Gasteiger charge is 2.32. The fraction of sp³-hybridized carbons (Fsp3) is 0.333. The normalized spacial score (nSPS) is 14.1. The van der Waals surface area contributed by atoms with Crippen molar-refractivity contribution < 1.29 is 37.0 Å². The third kappa shape index (κ3) is 9.37. The van der Waals surface area contributed by atoms with E-state index >= 15 is 0 Å². The van der Waals surface area contributed by atoms with Crippen LogP contribution in [0, 0.1) is 5.82 Å². The summed E-state index contributed by atoms with van der Waals surface area (Å²) in [4.78, 5) is 26.1. The Bertz CT molecular complexity index is 1260. The summed E-state index contributed by atoms with van der Waals surface area (Å²) in [5.74, 6) is -1.17. The van der Waals surface area contributed by atoms with Gasteiger partial charge in [-0.05, 0) is 68.1 Å². The molecule has 10 heteroatoms. The van der Waals surface area contributed by atoms with Gasteiger partial charge in [-0.1, -0.05) is 54.6 Å². The van der Waals surface area contributed by atoms with E-state index in [4.69, 9.17) is 4.74 Å². The summed E-state index contributed by atoms with van der Waals surface area (Å²) in [5, 5.41) is 16.5. The second kappa shape index (κ2) is 13.0. The first-order chi connectivity index (χ1) is 18.7. The Morgan fingerprint density at radius 3 is 1.95 bits per heavy atom. The highest BCUT2D eigenvalue weighted by molar-refractivity contribution is 5.86. The van der Waals surface area contributed by atoms with Gasteiger partial charge in [0.25, 0.3) is 0 Å². The van der Waals surface area contributed by atoms with Crippen LogP contribution in [0.1, 0.15) is 49.1 Å². The minimum atomic E-state index is -4.52. The molecule has 3 rings (SSSR count). The lowest BCUT2D eigenvalue weighted by atomic mass is 9.94. The predicted octanol–water partition coefficient (Wildman–Crippen LogP) is 5.74. The van der Waals surface area contributed by atoms with E-state index in [0.29, 0.717) is 11.1 Å². The molecular formula is C30H32F4N2O4. The van der Waals surface area contributed by atoms with Crippen molar-refractivity contribution in [2.24, 2.45) is 0 Å². The van der Waals surface area contributed by atoms with Gasteiger partial charge in [-0.25, -0.2) is 9.18 Å². The number of alkyl halides is 3. The van der Waals surface area contributed by atoms with Crippen LogP contribution in [-0.4, -0.2) is 34.8 Å². The quantitative estimate of drug-likeness (QED) is 0.291. The second-order valence-corrected chi connectivity index (χ2v) is 10.4. The van der Waals surface area contributed by atoms with Crippen LogP contribution in [0.4, 0.5) is 22.4 Å². The van der Waals surface area contributed by atoms with Gasteiger partial charge in [0, 0.05) is 6.42 Å². The maximum Gasteiger partial charge on any atom is 0.416 e. The third-order valence-corrected chi connectivity index (χ3v) is 5.95. The third-order valence-electron chi connectivity index (χ3n) is 5.95. The van der Waals surface area contributed by atoms with Gasteiger partial charge in [-0.3, -0.25) is 4.79 Å². The minimum absolute atomic E-state index is 0.0487. The lowest BCUT2D eigenvalue weighted by Gasteiger charge is -2.28. The van der Waals surface area contributed by atoms with Crippen molar-refractivity contribution in [1.82, 2.24) is 10.6 Å².